The Hall–Kier alpha value is -1.68. The molecule has 0 saturated carbocycles. The molecule has 4 heteroatoms. The molecule has 1 aromatic rings. The lowest BCUT2D eigenvalue weighted by Gasteiger charge is -2.38. The maximum atomic E-state index is 12.5. The number of piperidine rings is 1. The van der Waals surface area contributed by atoms with E-state index in [0.29, 0.717) is 23.1 Å². The number of ketones is 1. The third-order valence-corrected chi connectivity index (χ3v) is 4.39. The van der Waals surface area contributed by atoms with E-state index in [1.54, 1.807) is 12.1 Å². The molecular weight excluding hydrogens is 276 g/mol. The van der Waals surface area contributed by atoms with Gasteiger partial charge in [-0.1, -0.05) is 26.0 Å². The van der Waals surface area contributed by atoms with Crippen LogP contribution in [-0.4, -0.2) is 35.7 Å². The number of hydrogen-bond acceptors (Lipinski definition) is 3. The van der Waals surface area contributed by atoms with E-state index in [4.69, 9.17) is 0 Å². The molecule has 1 aromatic carbocycles. The predicted molar refractivity (Wildman–Crippen MR) is 89.1 cm³/mol. The normalized spacial score (nSPS) is 23.8. The quantitative estimate of drug-likeness (QED) is 0.869. The van der Waals surface area contributed by atoms with Crippen molar-refractivity contribution in [2.75, 3.05) is 18.4 Å². The van der Waals surface area contributed by atoms with Crippen LogP contribution in [0.15, 0.2) is 24.3 Å². The third kappa shape index (κ3) is 3.95. The Morgan fingerprint density at radius 1 is 1.18 bits per heavy atom. The van der Waals surface area contributed by atoms with E-state index >= 15 is 0 Å². The summed E-state index contributed by atoms with van der Waals surface area (Å²) < 4.78 is 0. The van der Waals surface area contributed by atoms with Crippen molar-refractivity contribution in [1.82, 2.24) is 4.90 Å². The van der Waals surface area contributed by atoms with Gasteiger partial charge in [0.1, 0.15) is 0 Å². The van der Waals surface area contributed by atoms with Crippen molar-refractivity contribution in [3.8, 4) is 0 Å². The highest BCUT2D eigenvalue weighted by Gasteiger charge is 2.29. The fourth-order valence-corrected chi connectivity index (χ4v) is 3.33. The second kappa shape index (κ2) is 7.05. The topological polar surface area (TPSA) is 49.4 Å². The van der Waals surface area contributed by atoms with Gasteiger partial charge >= 0.3 is 0 Å². The average molecular weight is 302 g/mol. The van der Waals surface area contributed by atoms with E-state index in [-0.39, 0.29) is 17.7 Å². The van der Waals surface area contributed by atoms with E-state index in [0.717, 1.165) is 13.1 Å². The van der Waals surface area contributed by atoms with Crippen LogP contribution in [0.4, 0.5) is 5.69 Å². The lowest BCUT2D eigenvalue weighted by molar-refractivity contribution is -0.121. The molecule has 1 N–H and O–H groups in total. The number of carbonyl (C=O) groups is 2. The van der Waals surface area contributed by atoms with Crippen LogP contribution in [0.3, 0.4) is 0 Å². The summed E-state index contributed by atoms with van der Waals surface area (Å²) in [7, 11) is 0. The molecule has 1 aliphatic rings. The molecule has 0 aliphatic carbocycles. The van der Waals surface area contributed by atoms with Crippen LogP contribution in [0.5, 0.6) is 0 Å². The van der Waals surface area contributed by atoms with Crippen LogP contribution < -0.4 is 5.32 Å². The monoisotopic (exact) mass is 302 g/mol. The zero-order valence-corrected chi connectivity index (χ0v) is 13.9. The number of para-hydroxylation sites is 1. The van der Waals surface area contributed by atoms with E-state index in [1.165, 1.54) is 13.3 Å². The van der Waals surface area contributed by atoms with Crippen molar-refractivity contribution in [3.63, 3.8) is 0 Å². The van der Waals surface area contributed by atoms with E-state index in [1.807, 2.05) is 19.1 Å². The van der Waals surface area contributed by atoms with Gasteiger partial charge in [0.05, 0.1) is 11.7 Å². The highest BCUT2D eigenvalue weighted by atomic mass is 16.2. The second-order valence-corrected chi connectivity index (χ2v) is 6.67. The molecule has 1 saturated heterocycles. The van der Waals surface area contributed by atoms with Crippen molar-refractivity contribution in [1.29, 1.82) is 0 Å². The number of nitrogens with one attached hydrogen (secondary N) is 1. The maximum Gasteiger partial charge on any atom is 0.241 e. The number of amides is 1. The van der Waals surface area contributed by atoms with Crippen LogP contribution in [0.25, 0.3) is 0 Å². The standard InChI is InChI=1S/C18H26N2O2/c1-12-9-13(2)11-20(10-12)14(3)18(22)19-17-8-6-5-7-16(17)15(4)21/h5-8,12-14H,9-11H2,1-4H3,(H,19,22)/t12-,13-,14+/m1/s1. The number of likely N-dealkylation sites (tertiary alicyclic amines) is 1. The van der Waals surface area contributed by atoms with Gasteiger partial charge in [-0.2, -0.15) is 0 Å². The fraction of sp³-hybridized carbons (Fsp3) is 0.556. The molecule has 0 unspecified atom stereocenters. The zero-order valence-electron chi connectivity index (χ0n) is 13.9. The first-order valence-electron chi connectivity index (χ1n) is 8.03. The molecule has 4 nitrogen and oxygen atoms in total. The van der Waals surface area contributed by atoms with Gasteiger partial charge in [0.25, 0.3) is 0 Å². The van der Waals surface area contributed by atoms with Gasteiger partial charge in [-0.05, 0) is 44.2 Å². The van der Waals surface area contributed by atoms with Gasteiger partial charge in [0.15, 0.2) is 5.78 Å². The molecule has 0 aromatic heterocycles. The summed E-state index contributed by atoms with van der Waals surface area (Å²) in [5.41, 5.74) is 1.16. The molecule has 1 fully saturated rings. The van der Waals surface area contributed by atoms with Gasteiger partial charge in [0, 0.05) is 18.7 Å². The Morgan fingerprint density at radius 3 is 2.36 bits per heavy atom. The largest absolute Gasteiger partial charge is 0.324 e. The number of carbonyl (C=O) groups excluding carboxylic acids is 2. The molecule has 2 rings (SSSR count). The van der Waals surface area contributed by atoms with Gasteiger partial charge in [-0.25, -0.2) is 0 Å². The summed E-state index contributed by atoms with van der Waals surface area (Å²) in [5.74, 6) is 1.14. The molecule has 120 valence electrons. The highest BCUT2D eigenvalue weighted by molar-refractivity contribution is 6.04. The van der Waals surface area contributed by atoms with Crippen molar-refractivity contribution in [2.24, 2.45) is 11.8 Å². The second-order valence-electron chi connectivity index (χ2n) is 6.67. The smallest absolute Gasteiger partial charge is 0.241 e. The molecule has 3 atom stereocenters. The number of hydrogen-bond donors (Lipinski definition) is 1. The first kappa shape index (κ1) is 16.7. The highest BCUT2D eigenvalue weighted by Crippen LogP contribution is 2.23. The van der Waals surface area contributed by atoms with Gasteiger partial charge in [-0.15, -0.1) is 0 Å². The fourth-order valence-electron chi connectivity index (χ4n) is 3.33. The van der Waals surface area contributed by atoms with Crippen LogP contribution in [-0.2, 0) is 4.79 Å². The Labute approximate surface area is 132 Å². The number of benzene rings is 1. The van der Waals surface area contributed by atoms with Crippen LogP contribution >= 0.6 is 0 Å². The Morgan fingerprint density at radius 2 is 1.77 bits per heavy atom. The zero-order chi connectivity index (χ0) is 16.3. The van der Waals surface area contributed by atoms with Crippen molar-refractivity contribution in [2.45, 2.75) is 40.2 Å². The van der Waals surface area contributed by atoms with Crippen molar-refractivity contribution >= 4 is 17.4 Å². The molecule has 1 aliphatic heterocycles. The SMILES string of the molecule is CC(=O)c1ccccc1NC(=O)[C@H](C)N1C[C@H](C)C[C@@H](C)C1. The summed E-state index contributed by atoms with van der Waals surface area (Å²) >= 11 is 0. The minimum absolute atomic E-state index is 0.0382. The number of rotatable bonds is 4. The first-order chi connectivity index (χ1) is 10.4. The van der Waals surface area contributed by atoms with Crippen LogP contribution in [0.2, 0.25) is 0 Å². The Balaban J connectivity index is 2.07. The number of Topliss-reactive ketones (excluding diaryl/α,β-unsaturated/α-hetero) is 1. The summed E-state index contributed by atoms with van der Waals surface area (Å²) in [4.78, 5) is 26.4. The lowest BCUT2D eigenvalue weighted by atomic mass is 9.91. The van der Waals surface area contributed by atoms with E-state index in [2.05, 4.69) is 24.1 Å². The third-order valence-electron chi connectivity index (χ3n) is 4.39. The van der Waals surface area contributed by atoms with E-state index < -0.39 is 0 Å². The van der Waals surface area contributed by atoms with Crippen molar-refractivity contribution in [3.05, 3.63) is 29.8 Å². The minimum Gasteiger partial charge on any atom is -0.324 e. The molecule has 22 heavy (non-hydrogen) atoms. The average Bonchev–Trinajstić information content (AvgIpc) is 2.45. The lowest BCUT2D eigenvalue weighted by Crippen LogP contribution is -2.48. The maximum absolute atomic E-state index is 12.5. The predicted octanol–water partition coefficient (Wildman–Crippen LogP) is 3.19. The van der Waals surface area contributed by atoms with E-state index in [9.17, 15) is 9.59 Å². The van der Waals surface area contributed by atoms with Gasteiger partial charge in [0.2, 0.25) is 5.91 Å². The first-order valence-corrected chi connectivity index (χ1v) is 8.03. The summed E-state index contributed by atoms with van der Waals surface area (Å²) in [5, 5.41) is 2.92. The minimum atomic E-state index is -0.190. The number of anilines is 1. The van der Waals surface area contributed by atoms with Crippen LogP contribution in [0, 0.1) is 11.8 Å². The molecule has 1 amide bonds. The van der Waals surface area contributed by atoms with Gasteiger partial charge in [-0.3, -0.25) is 14.5 Å². The summed E-state index contributed by atoms with van der Waals surface area (Å²) in [6.45, 7) is 9.83. The molecular formula is C18H26N2O2. The Kier molecular flexibility index (Phi) is 5.35. The molecule has 1 heterocycles. The number of nitrogens with zero attached hydrogens (tertiary/aromatic N) is 1. The van der Waals surface area contributed by atoms with Crippen molar-refractivity contribution < 1.29 is 9.59 Å². The van der Waals surface area contributed by atoms with Crippen LogP contribution in [0.1, 0.15) is 44.5 Å². The Bertz CT molecular complexity index is 546. The summed E-state index contributed by atoms with van der Waals surface area (Å²) in [6, 6.07) is 6.98. The molecule has 0 spiro atoms. The molecule has 0 bridgehead atoms. The summed E-state index contributed by atoms with van der Waals surface area (Å²) in [6.07, 6.45) is 1.22. The van der Waals surface area contributed by atoms with Gasteiger partial charge < -0.3 is 5.32 Å². The molecule has 0 radical (unpaired) electrons.